The molecule has 0 amide bonds. The van der Waals surface area contributed by atoms with Gasteiger partial charge in [0.15, 0.2) is 0 Å². The summed E-state index contributed by atoms with van der Waals surface area (Å²) in [5, 5.41) is 2.60. The molecule has 0 aliphatic heterocycles. The topological polar surface area (TPSA) is 0 Å². The fraction of sp³-hybridized carbons (Fsp3) is 0.171. The number of hydrogen-bond acceptors (Lipinski definition) is 0. The normalized spacial score (nSPS) is 12.8. The lowest BCUT2D eigenvalue weighted by Crippen LogP contribution is -2.15. The molecule has 0 heterocycles. The summed E-state index contributed by atoms with van der Waals surface area (Å²) in [6, 6.07) is 48.5. The summed E-state index contributed by atoms with van der Waals surface area (Å²) in [4.78, 5) is 0. The van der Waals surface area contributed by atoms with Crippen molar-refractivity contribution >= 4 is 10.8 Å². The van der Waals surface area contributed by atoms with Crippen LogP contribution in [0, 0.1) is 6.92 Å². The van der Waals surface area contributed by atoms with Crippen molar-refractivity contribution in [3.8, 4) is 33.4 Å². The predicted molar refractivity (Wildman–Crippen MR) is 178 cm³/mol. The van der Waals surface area contributed by atoms with Gasteiger partial charge in [0.2, 0.25) is 0 Å². The molecule has 0 unspecified atom stereocenters. The van der Waals surface area contributed by atoms with Crippen LogP contribution in [0.5, 0.6) is 0 Å². The Morgan fingerprint density at radius 3 is 1.78 bits per heavy atom. The van der Waals surface area contributed by atoms with Crippen molar-refractivity contribution in [1.29, 1.82) is 0 Å². The molecule has 0 bridgehead atoms. The zero-order valence-corrected chi connectivity index (χ0v) is 24.6. The first-order chi connectivity index (χ1) is 19.9. The molecule has 0 nitrogen and oxygen atoms in total. The molecule has 0 saturated heterocycles. The molecule has 0 heteroatoms. The van der Waals surface area contributed by atoms with Gasteiger partial charge in [-0.05, 0) is 86.3 Å². The second-order valence-electron chi connectivity index (χ2n) is 11.8. The highest BCUT2D eigenvalue weighted by Gasteiger charge is 2.35. The van der Waals surface area contributed by atoms with Crippen LogP contribution in [0.1, 0.15) is 49.4 Å². The van der Waals surface area contributed by atoms with Crippen molar-refractivity contribution in [2.45, 2.75) is 46.0 Å². The number of benzene rings is 6. The molecule has 0 saturated carbocycles. The number of fused-ring (bicyclic) bond motifs is 4. The van der Waals surface area contributed by atoms with Crippen molar-refractivity contribution in [3.05, 3.63) is 156 Å². The Morgan fingerprint density at radius 2 is 1.05 bits per heavy atom. The van der Waals surface area contributed by atoms with Crippen LogP contribution in [0.25, 0.3) is 44.2 Å². The van der Waals surface area contributed by atoms with E-state index in [9.17, 15) is 0 Å². The van der Waals surface area contributed by atoms with Crippen LogP contribution in [0.4, 0.5) is 0 Å². The summed E-state index contributed by atoms with van der Waals surface area (Å²) in [6.07, 6.45) is 2.37. The third kappa shape index (κ3) is 5.35. The van der Waals surface area contributed by atoms with E-state index in [4.69, 9.17) is 0 Å². The zero-order valence-electron chi connectivity index (χ0n) is 24.6. The molecule has 41 heavy (non-hydrogen) atoms. The largest absolute Gasteiger partial charge is 0.0651 e. The third-order valence-electron chi connectivity index (χ3n) is 8.51. The van der Waals surface area contributed by atoms with E-state index in [0.717, 1.165) is 6.42 Å². The molecule has 6 aromatic rings. The van der Waals surface area contributed by atoms with Crippen LogP contribution < -0.4 is 0 Å². The lowest BCUT2D eigenvalue weighted by molar-refractivity contribution is 0.660. The van der Waals surface area contributed by atoms with Gasteiger partial charge in [0, 0.05) is 5.41 Å². The van der Waals surface area contributed by atoms with E-state index in [1.165, 1.54) is 72.8 Å². The van der Waals surface area contributed by atoms with Crippen LogP contribution in [-0.2, 0) is 11.8 Å². The van der Waals surface area contributed by atoms with Gasteiger partial charge >= 0.3 is 0 Å². The molecule has 0 aromatic heterocycles. The molecule has 7 rings (SSSR count). The maximum absolute atomic E-state index is 2.38. The average Bonchev–Trinajstić information content (AvgIpc) is 3.23. The number of rotatable bonds is 4. The summed E-state index contributed by atoms with van der Waals surface area (Å²) in [6.45, 7) is 9.07. The summed E-state index contributed by atoms with van der Waals surface area (Å²) in [5.41, 5.74) is 13.7. The maximum atomic E-state index is 2.38. The Kier molecular flexibility index (Phi) is 7.33. The summed E-state index contributed by atoms with van der Waals surface area (Å²) in [7, 11) is 0. The highest BCUT2D eigenvalue weighted by molar-refractivity contribution is 5.87. The standard InChI is InChI=1S/C22H20.C19H18/c1-15-9-11-18-19-12-10-17(16-7-5-4-6-8-16)14-21(19)22(2,3)20(18)13-15;1-2-5-15-8-10-17(11-9-15)19-13-12-16-6-3-4-7-18(16)14-19/h4-14H,1-3H3;3-4,6-14H,2,5H2,1H3. The van der Waals surface area contributed by atoms with E-state index in [0.29, 0.717) is 0 Å². The number of aryl methyl sites for hydroxylation is 2. The van der Waals surface area contributed by atoms with E-state index in [-0.39, 0.29) is 5.41 Å². The second-order valence-corrected chi connectivity index (χ2v) is 11.8. The molecular weight excluding hydrogens is 492 g/mol. The minimum Gasteiger partial charge on any atom is -0.0651 e. The predicted octanol–water partition coefficient (Wildman–Crippen LogP) is 11.4. The molecule has 0 fully saturated rings. The lowest BCUT2D eigenvalue weighted by Gasteiger charge is -2.22. The first kappa shape index (κ1) is 26.8. The lowest BCUT2D eigenvalue weighted by atomic mass is 9.81. The Hall–Kier alpha value is -4.42. The van der Waals surface area contributed by atoms with Gasteiger partial charge < -0.3 is 0 Å². The summed E-state index contributed by atoms with van der Waals surface area (Å²) < 4.78 is 0. The molecule has 6 aromatic carbocycles. The summed E-state index contributed by atoms with van der Waals surface area (Å²) in [5.74, 6) is 0. The number of hydrogen-bond donors (Lipinski definition) is 0. The van der Waals surface area contributed by atoms with Gasteiger partial charge in [-0.25, -0.2) is 0 Å². The van der Waals surface area contributed by atoms with Gasteiger partial charge in [0.1, 0.15) is 0 Å². The van der Waals surface area contributed by atoms with Crippen molar-refractivity contribution in [1.82, 2.24) is 0 Å². The molecule has 0 radical (unpaired) electrons. The molecule has 0 N–H and O–H groups in total. The zero-order chi connectivity index (χ0) is 28.4. The molecule has 1 aliphatic carbocycles. The van der Waals surface area contributed by atoms with E-state index in [1.807, 2.05) is 0 Å². The minimum absolute atomic E-state index is 0.0709. The second kappa shape index (κ2) is 11.2. The maximum Gasteiger partial charge on any atom is 0.0159 e. The minimum atomic E-state index is 0.0709. The Morgan fingerprint density at radius 1 is 0.488 bits per heavy atom. The van der Waals surface area contributed by atoms with Gasteiger partial charge in [-0.1, -0.05) is 154 Å². The van der Waals surface area contributed by atoms with Crippen molar-refractivity contribution in [3.63, 3.8) is 0 Å². The van der Waals surface area contributed by atoms with Gasteiger partial charge in [-0.2, -0.15) is 0 Å². The smallest absolute Gasteiger partial charge is 0.0159 e. The van der Waals surface area contributed by atoms with Crippen molar-refractivity contribution < 1.29 is 0 Å². The summed E-state index contributed by atoms with van der Waals surface area (Å²) >= 11 is 0. The average molecular weight is 531 g/mol. The highest BCUT2D eigenvalue weighted by atomic mass is 14.4. The van der Waals surface area contributed by atoms with E-state index in [2.05, 4.69) is 161 Å². The van der Waals surface area contributed by atoms with Gasteiger partial charge in [-0.15, -0.1) is 0 Å². The third-order valence-corrected chi connectivity index (χ3v) is 8.51. The Bertz CT molecular complexity index is 1800. The van der Waals surface area contributed by atoms with Crippen LogP contribution in [0.2, 0.25) is 0 Å². The Balaban J connectivity index is 0.000000149. The van der Waals surface area contributed by atoms with Gasteiger partial charge in [0.25, 0.3) is 0 Å². The van der Waals surface area contributed by atoms with Crippen molar-refractivity contribution in [2.24, 2.45) is 0 Å². The fourth-order valence-electron chi connectivity index (χ4n) is 6.18. The van der Waals surface area contributed by atoms with E-state index < -0.39 is 0 Å². The molecule has 1 aliphatic rings. The Labute approximate surface area is 245 Å². The van der Waals surface area contributed by atoms with E-state index >= 15 is 0 Å². The molecule has 0 spiro atoms. The van der Waals surface area contributed by atoms with Crippen LogP contribution in [-0.4, -0.2) is 0 Å². The van der Waals surface area contributed by atoms with Crippen molar-refractivity contribution in [2.75, 3.05) is 0 Å². The first-order valence-corrected chi connectivity index (χ1v) is 14.8. The molecule has 202 valence electrons. The van der Waals surface area contributed by atoms with Crippen LogP contribution >= 0.6 is 0 Å². The SMILES string of the molecule is CCCc1ccc(-c2ccc3ccccc3c2)cc1.Cc1ccc2c(c1)C(C)(C)c1cc(-c3ccccc3)ccc1-2. The first-order valence-electron chi connectivity index (χ1n) is 14.8. The monoisotopic (exact) mass is 530 g/mol. The molecule has 0 atom stereocenters. The van der Waals surface area contributed by atoms with E-state index in [1.54, 1.807) is 0 Å². The van der Waals surface area contributed by atoms with Gasteiger partial charge in [-0.3, -0.25) is 0 Å². The highest BCUT2D eigenvalue weighted by Crippen LogP contribution is 2.49. The fourth-order valence-corrected chi connectivity index (χ4v) is 6.18. The van der Waals surface area contributed by atoms with Crippen LogP contribution in [0.3, 0.4) is 0 Å². The van der Waals surface area contributed by atoms with Crippen LogP contribution in [0.15, 0.2) is 133 Å². The molecular formula is C41H38. The quantitative estimate of drug-likeness (QED) is 0.213. The van der Waals surface area contributed by atoms with Gasteiger partial charge in [0.05, 0.1) is 0 Å².